The Kier molecular flexibility index (Phi) is 1.70. The van der Waals surface area contributed by atoms with Crippen molar-refractivity contribution in [3.05, 3.63) is 14.5 Å². The Morgan fingerprint density at radius 3 is 2.83 bits per heavy atom. The molecule has 2 rings (SSSR count). The average Bonchev–Trinajstić information content (AvgIpc) is 2.37. The van der Waals surface area contributed by atoms with Crippen LogP contribution in [-0.4, -0.2) is 4.98 Å². The van der Waals surface area contributed by atoms with Crippen LogP contribution >= 0.6 is 23.6 Å². The van der Waals surface area contributed by atoms with Gasteiger partial charge in [-0.2, -0.15) is 0 Å². The van der Waals surface area contributed by atoms with Crippen LogP contribution in [-0.2, 0) is 5.41 Å². The van der Waals surface area contributed by atoms with Gasteiger partial charge in [-0.25, -0.2) is 0 Å². The summed E-state index contributed by atoms with van der Waals surface area (Å²) in [6, 6.07) is 0. The lowest BCUT2D eigenvalue weighted by Crippen LogP contribution is -2.10. The van der Waals surface area contributed by atoms with Crippen LogP contribution in [0.25, 0.3) is 0 Å². The van der Waals surface area contributed by atoms with E-state index < -0.39 is 0 Å². The molecule has 1 N–H and O–H groups in total. The van der Waals surface area contributed by atoms with E-state index in [2.05, 4.69) is 25.8 Å². The van der Waals surface area contributed by atoms with Crippen molar-refractivity contribution in [1.82, 2.24) is 4.98 Å². The molecule has 0 aromatic carbocycles. The summed E-state index contributed by atoms with van der Waals surface area (Å²) < 4.78 is 0.930. The van der Waals surface area contributed by atoms with Gasteiger partial charge in [0.2, 0.25) is 0 Å². The summed E-state index contributed by atoms with van der Waals surface area (Å²) in [5, 5.41) is 0. The zero-order chi connectivity index (χ0) is 8.93. The number of aromatic nitrogens is 1. The van der Waals surface area contributed by atoms with Crippen molar-refractivity contribution in [3.8, 4) is 0 Å². The van der Waals surface area contributed by atoms with Gasteiger partial charge in [0.1, 0.15) is 0 Å². The fraction of sp³-hybridized carbons (Fsp3) is 0.667. The summed E-state index contributed by atoms with van der Waals surface area (Å²) >= 11 is 6.89. The molecular weight excluding hydrogens is 186 g/mol. The van der Waals surface area contributed by atoms with Crippen molar-refractivity contribution in [1.29, 1.82) is 0 Å². The van der Waals surface area contributed by atoms with Crippen LogP contribution in [0.3, 0.4) is 0 Å². The van der Waals surface area contributed by atoms with Crippen molar-refractivity contribution in [3.63, 3.8) is 0 Å². The van der Waals surface area contributed by atoms with Crippen molar-refractivity contribution in [2.45, 2.75) is 38.5 Å². The Balaban J connectivity index is 2.64. The number of fused-ring (bicyclic) bond motifs is 1. The minimum Gasteiger partial charge on any atom is -0.340 e. The van der Waals surface area contributed by atoms with Crippen LogP contribution in [0.15, 0.2) is 0 Å². The molecule has 12 heavy (non-hydrogen) atoms. The average molecular weight is 199 g/mol. The van der Waals surface area contributed by atoms with Gasteiger partial charge >= 0.3 is 0 Å². The highest BCUT2D eigenvalue weighted by Crippen LogP contribution is 2.47. The summed E-state index contributed by atoms with van der Waals surface area (Å²) in [5.41, 5.74) is 1.72. The molecule has 0 spiro atoms. The summed E-state index contributed by atoms with van der Waals surface area (Å²) in [6.07, 6.45) is 1.25. The topological polar surface area (TPSA) is 15.8 Å². The third-order valence-electron chi connectivity index (χ3n) is 2.60. The molecule has 0 saturated carbocycles. The monoisotopic (exact) mass is 199 g/mol. The third-order valence-corrected chi connectivity index (χ3v) is 4.22. The van der Waals surface area contributed by atoms with E-state index in [0.717, 1.165) is 3.95 Å². The Hall–Kier alpha value is -0.150. The van der Waals surface area contributed by atoms with E-state index >= 15 is 0 Å². The second kappa shape index (κ2) is 2.42. The lowest BCUT2D eigenvalue weighted by molar-refractivity contribution is 0.493. The van der Waals surface area contributed by atoms with E-state index in [0.29, 0.717) is 11.3 Å². The second-order valence-electron chi connectivity index (χ2n) is 4.25. The largest absolute Gasteiger partial charge is 0.340 e. The maximum atomic E-state index is 5.14. The fourth-order valence-corrected chi connectivity index (χ4v) is 3.58. The summed E-state index contributed by atoms with van der Waals surface area (Å²) in [6.45, 7) is 6.87. The standard InChI is InChI=1S/C9H13NS2/c1-5-4-9(2,3)7-6(5)10-8(11)12-7/h5H,4H2,1-3H3,(H,10,11). The lowest BCUT2D eigenvalue weighted by atomic mass is 9.91. The maximum Gasteiger partial charge on any atom is 0.158 e. The molecule has 1 aromatic heterocycles. The van der Waals surface area contributed by atoms with Gasteiger partial charge in [-0.1, -0.05) is 20.8 Å². The molecule has 0 saturated heterocycles. The number of thiazole rings is 1. The summed E-state index contributed by atoms with van der Waals surface area (Å²) in [7, 11) is 0. The number of rotatable bonds is 0. The van der Waals surface area contributed by atoms with Gasteiger partial charge in [-0.15, -0.1) is 11.3 Å². The Morgan fingerprint density at radius 1 is 1.58 bits per heavy atom. The van der Waals surface area contributed by atoms with Crippen LogP contribution in [0.5, 0.6) is 0 Å². The highest BCUT2D eigenvalue weighted by molar-refractivity contribution is 7.73. The molecule has 0 bridgehead atoms. The Morgan fingerprint density at radius 2 is 2.25 bits per heavy atom. The highest BCUT2D eigenvalue weighted by atomic mass is 32.1. The maximum absolute atomic E-state index is 5.14. The second-order valence-corrected chi connectivity index (χ2v) is 5.93. The van der Waals surface area contributed by atoms with Crippen LogP contribution in [0, 0.1) is 3.95 Å². The van der Waals surface area contributed by atoms with Gasteiger partial charge in [0.25, 0.3) is 0 Å². The first-order valence-electron chi connectivity index (χ1n) is 4.24. The first-order valence-corrected chi connectivity index (χ1v) is 5.46. The van der Waals surface area contributed by atoms with Gasteiger partial charge in [-0.3, -0.25) is 0 Å². The molecule has 0 fully saturated rings. The molecule has 1 heterocycles. The molecule has 0 aliphatic heterocycles. The predicted molar refractivity (Wildman–Crippen MR) is 55.6 cm³/mol. The predicted octanol–water partition coefficient (Wildman–Crippen LogP) is 3.59. The Labute approximate surface area is 81.8 Å². The molecule has 1 aromatic rings. The van der Waals surface area contributed by atoms with Gasteiger partial charge in [0.15, 0.2) is 3.95 Å². The van der Waals surface area contributed by atoms with Crippen molar-refractivity contribution >= 4 is 23.6 Å². The molecule has 1 atom stereocenters. The van der Waals surface area contributed by atoms with Crippen LogP contribution in [0.1, 0.15) is 43.7 Å². The number of hydrogen-bond donors (Lipinski definition) is 1. The van der Waals surface area contributed by atoms with E-state index in [1.54, 1.807) is 11.3 Å². The third kappa shape index (κ3) is 1.07. The fourth-order valence-electron chi connectivity index (χ4n) is 2.15. The van der Waals surface area contributed by atoms with E-state index in [9.17, 15) is 0 Å². The van der Waals surface area contributed by atoms with Crippen molar-refractivity contribution in [2.24, 2.45) is 0 Å². The zero-order valence-corrected chi connectivity index (χ0v) is 9.23. The van der Waals surface area contributed by atoms with E-state index in [-0.39, 0.29) is 0 Å². The molecule has 0 radical (unpaired) electrons. The van der Waals surface area contributed by atoms with Crippen LogP contribution in [0.2, 0.25) is 0 Å². The van der Waals surface area contributed by atoms with Crippen LogP contribution < -0.4 is 0 Å². The molecule has 66 valence electrons. The molecular formula is C9H13NS2. The van der Waals surface area contributed by atoms with E-state index in [1.807, 2.05) is 0 Å². The van der Waals surface area contributed by atoms with Crippen LogP contribution in [0.4, 0.5) is 0 Å². The van der Waals surface area contributed by atoms with Gasteiger partial charge in [0.05, 0.1) is 0 Å². The SMILES string of the molecule is CC1CC(C)(C)c2sc(=S)[nH]c21. The summed E-state index contributed by atoms with van der Waals surface area (Å²) in [4.78, 5) is 4.77. The summed E-state index contributed by atoms with van der Waals surface area (Å²) in [5.74, 6) is 0.656. The smallest absolute Gasteiger partial charge is 0.158 e. The number of hydrogen-bond acceptors (Lipinski definition) is 2. The lowest BCUT2D eigenvalue weighted by Gasteiger charge is -2.16. The molecule has 1 aliphatic carbocycles. The van der Waals surface area contributed by atoms with E-state index in [1.165, 1.54) is 17.0 Å². The molecule has 1 aliphatic rings. The first-order chi connectivity index (χ1) is 5.50. The molecule has 0 amide bonds. The van der Waals surface area contributed by atoms with Gasteiger partial charge < -0.3 is 4.98 Å². The highest BCUT2D eigenvalue weighted by Gasteiger charge is 2.36. The minimum absolute atomic E-state index is 0.340. The quantitative estimate of drug-likeness (QED) is 0.631. The normalized spacial score (nSPS) is 25.8. The zero-order valence-electron chi connectivity index (χ0n) is 7.60. The first kappa shape index (κ1) is 8.45. The Bertz CT molecular complexity index is 359. The van der Waals surface area contributed by atoms with Gasteiger partial charge in [0, 0.05) is 16.0 Å². The minimum atomic E-state index is 0.340. The van der Waals surface area contributed by atoms with Crippen molar-refractivity contribution < 1.29 is 0 Å². The molecule has 1 nitrogen and oxygen atoms in total. The van der Waals surface area contributed by atoms with Crippen molar-refractivity contribution in [2.75, 3.05) is 0 Å². The van der Waals surface area contributed by atoms with E-state index in [4.69, 9.17) is 12.2 Å². The molecule has 1 unspecified atom stereocenters. The number of H-pyrrole nitrogens is 1. The molecule has 3 heteroatoms. The number of nitrogens with one attached hydrogen (secondary N) is 1. The van der Waals surface area contributed by atoms with Gasteiger partial charge in [-0.05, 0) is 24.6 Å². The number of aromatic amines is 1.